The fourth-order valence-electron chi connectivity index (χ4n) is 2.34. The SMILES string of the molecule is CCCCN(CC)CCC(O)c1ccc(OC)c([N+](=O)[O-])c1. The van der Waals surface area contributed by atoms with Crippen LogP contribution in [0.1, 0.15) is 44.8 Å². The summed E-state index contributed by atoms with van der Waals surface area (Å²) >= 11 is 0. The Morgan fingerprint density at radius 3 is 2.64 bits per heavy atom. The van der Waals surface area contributed by atoms with Crippen molar-refractivity contribution in [3.8, 4) is 5.75 Å². The van der Waals surface area contributed by atoms with Crippen LogP contribution in [0.4, 0.5) is 5.69 Å². The van der Waals surface area contributed by atoms with Crippen molar-refractivity contribution in [1.82, 2.24) is 4.90 Å². The smallest absolute Gasteiger partial charge is 0.311 e. The quantitative estimate of drug-likeness (QED) is 0.530. The molecule has 1 aromatic rings. The summed E-state index contributed by atoms with van der Waals surface area (Å²) in [5.74, 6) is 0.207. The van der Waals surface area contributed by atoms with Gasteiger partial charge in [-0.05, 0) is 37.6 Å². The maximum Gasteiger partial charge on any atom is 0.311 e. The van der Waals surface area contributed by atoms with Crippen molar-refractivity contribution in [2.24, 2.45) is 0 Å². The number of rotatable bonds is 10. The van der Waals surface area contributed by atoms with Crippen molar-refractivity contribution in [1.29, 1.82) is 0 Å². The lowest BCUT2D eigenvalue weighted by molar-refractivity contribution is -0.385. The number of nitrogens with zero attached hydrogens (tertiary/aromatic N) is 2. The highest BCUT2D eigenvalue weighted by molar-refractivity contribution is 5.49. The lowest BCUT2D eigenvalue weighted by atomic mass is 10.0. The summed E-state index contributed by atoms with van der Waals surface area (Å²) < 4.78 is 4.97. The predicted octanol–water partition coefficient (Wildman–Crippen LogP) is 3.15. The molecule has 0 saturated heterocycles. The van der Waals surface area contributed by atoms with Gasteiger partial charge in [0.05, 0.1) is 18.1 Å². The standard InChI is InChI=1S/C16H26N2O4/c1-4-6-10-17(5-2)11-9-15(19)13-7-8-16(22-3)14(12-13)18(20)21/h7-8,12,15,19H,4-6,9-11H2,1-3H3. The molecule has 0 aliphatic heterocycles. The van der Waals surface area contributed by atoms with E-state index in [0.29, 0.717) is 12.0 Å². The molecule has 1 N–H and O–H groups in total. The highest BCUT2D eigenvalue weighted by Gasteiger charge is 2.18. The Hall–Kier alpha value is -1.66. The van der Waals surface area contributed by atoms with Gasteiger partial charge in [0.15, 0.2) is 5.75 Å². The first kappa shape index (κ1) is 18.4. The van der Waals surface area contributed by atoms with Crippen LogP contribution in [0, 0.1) is 10.1 Å². The number of methoxy groups -OCH3 is 1. The van der Waals surface area contributed by atoms with E-state index in [1.54, 1.807) is 6.07 Å². The molecule has 124 valence electrons. The molecule has 0 aromatic heterocycles. The van der Waals surface area contributed by atoms with Crippen molar-refractivity contribution < 1.29 is 14.8 Å². The summed E-state index contributed by atoms with van der Waals surface area (Å²) in [6, 6.07) is 4.61. The number of aliphatic hydroxyl groups is 1. The third-order valence-corrected chi connectivity index (χ3v) is 3.78. The molecular formula is C16H26N2O4. The highest BCUT2D eigenvalue weighted by Crippen LogP contribution is 2.30. The number of nitro benzene ring substituents is 1. The minimum absolute atomic E-state index is 0.114. The molecule has 0 spiro atoms. The first-order valence-electron chi connectivity index (χ1n) is 7.76. The number of hydrogen-bond donors (Lipinski definition) is 1. The fraction of sp³-hybridized carbons (Fsp3) is 0.625. The van der Waals surface area contributed by atoms with E-state index >= 15 is 0 Å². The average molecular weight is 310 g/mol. The average Bonchev–Trinajstić information content (AvgIpc) is 2.54. The molecule has 0 heterocycles. The summed E-state index contributed by atoms with van der Waals surface area (Å²) in [7, 11) is 1.39. The van der Waals surface area contributed by atoms with Crippen molar-refractivity contribution in [3.05, 3.63) is 33.9 Å². The topological polar surface area (TPSA) is 75.8 Å². The van der Waals surface area contributed by atoms with Gasteiger partial charge in [0, 0.05) is 12.6 Å². The molecular weight excluding hydrogens is 284 g/mol. The van der Waals surface area contributed by atoms with E-state index in [1.807, 2.05) is 0 Å². The Balaban J connectivity index is 2.70. The zero-order chi connectivity index (χ0) is 16.5. The second-order valence-electron chi connectivity index (χ2n) is 5.28. The minimum atomic E-state index is -0.708. The number of benzene rings is 1. The van der Waals surface area contributed by atoms with Gasteiger partial charge in [0.1, 0.15) is 0 Å². The molecule has 1 unspecified atom stereocenters. The van der Waals surface area contributed by atoms with Gasteiger partial charge >= 0.3 is 5.69 Å². The maximum atomic E-state index is 11.0. The Morgan fingerprint density at radius 1 is 1.36 bits per heavy atom. The number of ether oxygens (including phenoxy) is 1. The van der Waals surface area contributed by atoms with Crippen LogP contribution in [-0.2, 0) is 0 Å². The summed E-state index contributed by atoms with van der Waals surface area (Å²) in [5.41, 5.74) is 0.441. The van der Waals surface area contributed by atoms with Gasteiger partial charge in [-0.3, -0.25) is 10.1 Å². The first-order chi connectivity index (χ1) is 10.5. The van der Waals surface area contributed by atoms with Gasteiger partial charge in [-0.25, -0.2) is 0 Å². The molecule has 0 fully saturated rings. The lowest BCUT2D eigenvalue weighted by Gasteiger charge is -2.21. The predicted molar refractivity (Wildman–Crippen MR) is 86.2 cm³/mol. The third kappa shape index (κ3) is 5.27. The minimum Gasteiger partial charge on any atom is -0.490 e. The van der Waals surface area contributed by atoms with Gasteiger partial charge in [-0.15, -0.1) is 0 Å². The van der Waals surface area contributed by atoms with Gasteiger partial charge < -0.3 is 14.7 Å². The normalized spacial score (nSPS) is 12.4. The number of hydrogen-bond acceptors (Lipinski definition) is 5. The molecule has 22 heavy (non-hydrogen) atoms. The molecule has 0 aliphatic rings. The third-order valence-electron chi connectivity index (χ3n) is 3.78. The fourth-order valence-corrected chi connectivity index (χ4v) is 2.34. The van der Waals surface area contributed by atoms with Crippen LogP contribution < -0.4 is 4.74 Å². The van der Waals surface area contributed by atoms with Gasteiger partial charge in [-0.2, -0.15) is 0 Å². The largest absolute Gasteiger partial charge is 0.490 e. The van der Waals surface area contributed by atoms with Gasteiger partial charge in [-0.1, -0.05) is 26.3 Å². The van der Waals surface area contributed by atoms with E-state index in [9.17, 15) is 15.2 Å². The second kappa shape index (κ2) is 9.38. The Bertz CT molecular complexity index is 479. The molecule has 6 nitrogen and oxygen atoms in total. The molecule has 1 rings (SSSR count). The molecule has 1 aromatic carbocycles. The number of aliphatic hydroxyl groups excluding tert-OH is 1. The van der Waals surface area contributed by atoms with E-state index in [-0.39, 0.29) is 11.4 Å². The van der Waals surface area contributed by atoms with Crippen LogP contribution in [0.2, 0.25) is 0 Å². The van der Waals surface area contributed by atoms with E-state index < -0.39 is 11.0 Å². The van der Waals surface area contributed by atoms with Crippen LogP contribution in [-0.4, -0.2) is 41.7 Å². The molecule has 0 radical (unpaired) electrons. The summed E-state index contributed by atoms with van der Waals surface area (Å²) in [5, 5.41) is 21.3. The van der Waals surface area contributed by atoms with Crippen molar-refractivity contribution >= 4 is 5.69 Å². The maximum absolute atomic E-state index is 11.0. The van der Waals surface area contributed by atoms with Crippen LogP contribution >= 0.6 is 0 Å². The number of nitro groups is 1. The zero-order valence-corrected chi connectivity index (χ0v) is 13.6. The Labute approximate surface area is 131 Å². The van der Waals surface area contributed by atoms with Crippen LogP contribution in [0.5, 0.6) is 5.75 Å². The Morgan fingerprint density at radius 2 is 2.09 bits per heavy atom. The summed E-state index contributed by atoms with van der Waals surface area (Å²) in [4.78, 5) is 12.8. The van der Waals surface area contributed by atoms with E-state index in [4.69, 9.17) is 4.74 Å². The van der Waals surface area contributed by atoms with E-state index in [0.717, 1.165) is 32.5 Å². The van der Waals surface area contributed by atoms with Crippen LogP contribution in [0.15, 0.2) is 18.2 Å². The Kier molecular flexibility index (Phi) is 7.84. The molecule has 0 amide bonds. The highest BCUT2D eigenvalue weighted by atomic mass is 16.6. The van der Waals surface area contributed by atoms with Crippen LogP contribution in [0.3, 0.4) is 0 Å². The van der Waals surface area contributed by atoms with Crippen molar-refractivity contribution in [2.75, 3.05) is 26.7 Å². The van der Waals surface area contributed by atoms with Crippen LogP contribution in [0.25, 0.3) is 0 Å². The monoisotopic (exact) mass is 310 g/mol. The van der Waals surface area contributed by atoms with Gasteiger partial charge in [0.25, 0.3) is 0 Å². The van der Waals surface area contributed by atoms with E-state index in [1.165, 1.54) is 19.2 Å². The lowest BCUT2D eigenvalue weighted by Crippen LogP contribution is -2.26. The van der Waals surface area contributed by atoms with Gasteiger partial charge in [0.2, 0.25) is 0 Å². The molecule has 6 heteroatoms. The van der Waals surface area contributed by atoms with Crippen molar-refractivity contribution in [2.45, 2.75) is 39.2 Å². The summed E-state index contributed by atoms with van der Waals surface area (Å²) in [6.45, 7) is 6.98. The first-order valence-corrected chi connectivity index (χ1v) is 7.76. The molecule has 1 atom stereocenters. The van der Waals surface area contributed by atoms with E-state index in [2.05, 4.69) is 18.7 Å². The summed E-state index contributed by atoms with van der Waals surface area (Å²) in [6.07, 6.45) is 2.13. The van der Waals surface area contributed by atoms with Crippen molar-refractivity contribution in [3.63, 3.8) is 0 Å². The second-order valence-corrected chi connectivity index (χ2v) is 5.28. The molecule has 0 aliphatic carbocycles. The molecule has 0 saturated carbocycles. The molecule has 0 bridgehead atoms. The zero-order valence-electron chi connectivity index (χ0n) is 13.6. The number of unbranched alkanes of at least 4 members (excludes halogenated alkanes) is 1.